The van der Waals surface area contributed by atoms with Gasteiger partial charge in [0.15, 0.2) is 0 Å². The second-order valence-corrected chi connectivity index (χ2v) is 4.79. The fourth-order valence-corrected chi connectivity index (χ4v) is 1.96. The molecule has 0 radical (unpaired) electrons. The van der Waals surface area contributed by atoms with Crippen LogP contribution < -0.4 is 5.32 Å². The molecule has 2 rings (SSSR count). The summed E-state index contributed by atoms with van der Waals surface area (Å²) in [5.74, 6) is -1.08. The van der Waals surface area contributed by atoms with Crippen LogP contribution in [-0.2, 0) is 6.54 Å². The van der Waals surface area contributed by atoms with E-state index in [4.69, 9.17) is 0 Å². The monoisotopic (exact) mass is 261 g/mol. The van der Waals surface area contributed by atoms with Gasteiger partial charge in [-0.3, -0.25) is 0 Å². The first kappa shape index (κ1) is 13.7. The highest BCUT2D eigenvalue weighted by Crippen LogP contribution is 2.14. The Balaban J connectivity index is 1.99. The molecule has 2 aromatic carbocycles. The normalized spacial score (nSPS) is 12.4. The fraction of sp³-hybridized carbons (Fsp3) is 0.250. The van der Waals surface area contributed by atoms with Gasteiger partial charge in [-0.05, 0) is 37.1 Å². The summed E-state index contributed by atoms with van der Waals surface area (Å²) in [6.07, 6.45) is 0. The van der Waals surface area contributed by atoms with Gasteiger partial charge in [0.05, 0.1) is 0 Å². The Morgan fingerprint density at radius 1 is 1.00 bits per heavy atom. The minimum atomic E-state index is -0.542. The summed E-state index contributed by atoms with van der Waals surface area (Å²) in [6.45, 7) is 4.50. The first-order valence-corrected chi connectivity index (χ1v) is 6.29. The van der Waals surface area contributed by atoms with Gasteiger partial charge in [-0.25, -0.2) is 8.78 Å². The largest absolute Gasteiger partial charge is 0.306 e. The second kappa shape index (κ2) is 5.93. The summed E-state index contributed by atoms with van der Waals surface area (Å²) in [5, 5.41) is 3.26. The summed E-state index contributed by atoms with van der Waals surface area (Å²) in [4.78, 5) is 0. The van der Waals surface area contributed by atoms with Crippen LogP contribution in [0.25, 0.3) is 0 Å². The number of hydrogen-bond acceptors (Lipinski definition) is 1. The van der Waals surface area contributed by atoms with E-state index in [1.54, 1.807) is 0 Å². The molecule has 0 unspecified atom stereocenters. The summed E-state index contributed by atoms with van der Waals surface area (Å²) in [5.41, 5.74) is 2.97. The highest BCUT2D eigenvalue weighted by molar-refractivity contribution is 5.24. The van der Waals surface area contributed by atoms with Crippen LogP contribution in [0.5, 0.6) is 0 Å². The summed E-state index contributed by atoms with van der Waals surface area (Å²) in [6, 6.07) is 11.9. The smallest absolute Gasteiger partial charge is 0.126 e. The third-order valence-corrected chi connectivity index (χ3v) is 3.11. The van der Waals surface area contributed by atoms with E-state index in [1.165, 1.54) is 17.7 Å². The third kappa shape index (κ3) is 3.86. The molecule has 0 amide bonds. The van der Waals surface area contributed by atoms with Crippen molar-refractivity contribution < 1.29 is 8.78 Å². The number of benzene rings is 2. The van der Waals surface area contributed by atoms with Crippen molar-refractivity contribution in [2.75, 3.05) is 0 Å². The SMILES string of the molecule is Cc1ccc([C@@H](C)NCc2cc(F)cc(F)c2)cc1. The van der Waals surface area contributed by atoms with Gasteiger partial charge in [-0.2, -0.15) is 0 Å². The molecule has 100 valence electrons. The second-order valence-electron chi connectivity index (χ2n) is 4.79. The molecule has 2 aromatic rings. The first-order chi connectivity index (χ1) is 9.04. The molecule has 0 aliphatic rings. The Bertz CT molecular complexity index is 529. The van der Waals surface area contributed by atoms with Crippen LogP contribution in [0, 0.1) is 18.6 Å². The lowest BCUT2D eigenvalue weighted by molar-refractivity contribution is 0.554. The lowest BCUT2D eigenvalue weighted by Gasteiger charge is -2.14. The van der Waals surface area contributed by atoms with Gasteiger partial charge in [0.25, 0.3) is 0 Å². The van der Waals surface area contributed by atoms with Gasteiger partial charge in [-0.15, -0.1) is 0 Å². The van der Waals surface area contributed by atoms with E-state index in [2.05, 4.69) is 29.6 Å². The molecule has 0 saturated carbocycles. The highest BCUT2D eigenvalue weighted by Gasteiger charge is 2.06. The number of hydrogen-bond donors (Lipinski definition) is 1. The Morgan fingerprint density at radius 2 is 1.58 bits per heavy atom. The van der Waals surface area contributed by atoms with Gasteiger partial charge < -0.3 is 5.32 Å². The predicted molar refractivity (Wildman–Crippen MR) is 72.8 cm³/mol. The minimum absolute atomic E-state index is 0.131. The molecule has 0 aliphatic heterocycles. The van der Waals surface area contributed by atoms with Crippen molar-refractivity contribution in [1.82, 2.24) is 5.32 Å². The zero-order valence-electron chi connectivity index (χ0n) is 11.1. The van der Waals surface area contributed by atoms with Crippen molar-refractivity contribution >= 4 is 0 Å². The zero-order chi connectivity index (χ0) is 13.8. The molecule has 1 N–H and O–H groups in total. The molecule has 0 bridgehead atoms. The maximum Gasteiger partial charge on any atom is 0.126 e. The Hall–Kier alpha value is -1.74. The lowest BCUT2D eigenvalue weighted by atomic mass is 10.1. The molecule has 0 spiro atoms. The predicted octanol–water partition coefficient (Wildman–Crippen LogP) is 4.12. The number of aryl methyl sites for hydroxylation is 1. The molecule has 19 heavy (non-hydrogen) atoms. The average Bonchev–Trinajstić information content (AvgIpc) is 2.36. The van der Waals surface area contributed by atoms with Crippen molar-refractivity contribution in [1.29, 1.82) is 0 Å². The topological polar surface area (TPSA) is 12.0 Å². The van der Waals surface area contributed by atoms with Crippen molar-refractivity contribution in [3.05, 3.63) is 70.8 Å². The van der Waals surface area contributed by atoms with E-state index >= 15 is 0 Å². The molecule has 1 nitrogen and oxygen atoms in total. The van der Waals surface area contributed by atoms with Crippen LogP contribution in [0.4, 0.5) is 8.78 Å². The maximum absolute atomic E-state index is 13.1. The van der Waals surface area contributed by atoms with Crippen LogP contribution in [0.2, 0.25) is 0 Å². The number of nitrogens with one attached hydrogen (secondary N) is 1. The van der Waals surface area contributed by atoms with Crippen LogP contribution in [0.1, 0.15) is 29.7 Å². The van der Waals surface area contributed by atoms with E-state index in [0.29, 0.717) is 12.1 Å². The van der Waals surface area contributed by atoms with E-state index < -0.39 is 11.6 Å². The Labute approximate surface area is 112 Å². The van der Waals surface area contributed by atoms with Crippen LogP contribution >= 0.6 is 0 Å². The number of rotatable bonds is 4. The van der Waals surface area contributed by atoms with Crippen LogP contribution in [0.3, 0.4) is 0 Å². The highest BCUT2D eigenvalue weighted by atomic mass is 19.1. The van der Waals surface area contributed by atoms with E-state index in [0.717, 1.165) is 11.6 Å². The van der Waals surface area contributed by atoms with E-state index in [1.807, 2.05) is 13.8 Å². The first-order valence-electron chi connectivity index (χ1n) is 6.29. The fourth-order valence-electron chi connectivity index (χ4n) is 1.96. The van der Waals surface area contributed by atoms with Crippen LogP contribution in [-0.4, -0.2) is 0 Å². The summed E-state index contributed by atoms with van der Waals surface area (Å²) >= 11 is 0. The van der Waals surface area contributed by atoms with Crippen LogP contribution in [0.15, 0.2) is 42.5 Å². The molecule has 0 aromatic heterocycles. The Kier molecular flexibility index (Phi) is 4.27. The summed E-state index contributed by atoms with van der Waals surface area (Å²) < 4.78 is 26.1. The number of halogens is 2. The van der Waals surface area contributed by atoms with Gasteiger partial charge in [0.2, 0.25) is 0 Å². The molecule has 0 heterocycles. The Morgan fingerprint density at radius 3 is 2.16 bits per heavy atom. The minimum Gasteiger partial charge on any atom is -0.306 e. The molecular formula is C16H17F2N. The van der Waals surface area contributed by atoms with Gasteiger partial charge in [0, 0.05) is 18.7 Å². The lowest BCUT2D eigenvalue weighted by Crippen LogP contribution is -2.18. The molecule has 0 aliphatic carbocycles. The average molecular weight is 261 g/mol. The standard InChI is InChI=1S/C16H17F2N/c1-11-3-5-14(6-4-11)12(2)19-10-13-7-15(17)9-16(18)8-13/h3-9,12,19H,10H2,1-2H3/t12-/m1/s1. The van der Waals surface area contributed by atoms with Gasteiger partial charge in [-0.1, -0.05) is 29.8 Å². The molecule has 3 heteroatoms. The third-order valence-electron chi connectivity index (χ3n) is 3.11. The summed E-state index contributed by atoms with van der Waals surface area (Å²) in [7, 11) is 0. The van der Waals surface area contributed by atoms with Gasteiger partial charge in [0.1, 0.15) is 11.6 Å². The zero-order valence-corrected chi connectivity index (χ0v) is 11.1. The molecular weight excluding hydrogens is 244 g/mol. The molecule has 0 fully saturated rings. The molecule has 0 saturated heterocycles. The van der Waals surface area contributed by atoms with Crippen molar-refractivity contribution in [3.63, 3.8) is 0 Å². The van der Waals surface area contributed by atoms with Crippen molar-refractivity contribution in [3.8, 4) is 0 Å². The van der Waals surface area contributed by atoms with Crippen molar-refractivity contribution in [2.24, 2.45) is 0 Å². The van der Waals surface area contributed by atoms with Crippen molar-refractivity contribution in [2.45, 2.75) is 26.4 Å². The van der Waals surface area contributed by atoms with Gasteiger partial charge >= 0.3 is 0 Å². The van der Waals surface area contributed by atoms with E-state index in [9.17, 15) is 8.78 Å². The van der Waals surface area contributed by atoms with E-state index in [-0.39, 0.29) is 6.04 Å². The quantitative estimate of drug-likeness (QED) is 0.872. The maximum atomic E-state index is 13.1. The molecule has 1 atom stereocenters.